The van der Waals surface area contributed by atoms with Gasteiger partial charge < -0.3 is 15.0 Å². The number of aliphatic hydroxyl groups excluding tert-OH is 1. The smallest absolute Gasteiger partial charge is 0.234 e. The molecule has 25 heavy (non-hydrogen) atoms. The molecule has 1 fully saturated rings. The number of hydrogen-bond donors (Lipinski definition) is 2. The summed E-state index contributed by atoms with van der Waals surface area (Å²) in [5.41, 5.74) is 1.62. The number of carbonyl (C=O) groups is 1. The number of amides is 1. The van der Waals surface area contributed by atoms with Crippen LogP contribution in [0.3, 0.4) is 0 Å². The minimum Gasteiger partial charge on any atom is -0.395 e. The van der Waals surface area contributed by atoms with E-state index in [-0.39, 0.29) is 30.3 Å². The van der Waals surface area contributed by atoms with Crippen molar-refractivity contribution in [3.8, 4) is 0 Å². The zero-order chi connectivity index (χ0) is 18.2. The maximum absolute atomic E-state index is 13.4. The molecule has 1 saturated carbocycles. The van der Waals surface area contributed by atoms with Crippen molar-refractivity contribution >= 4 is 5.91 Å². The Hall–Kier alpha value is -2.21. The Morgan fingerprint density at radius 1 is 1.36 bits per heavy atom. The lowest BCUT2D eigenvalue weighted by Gasteiger charge is -2.29. The second-order valence-corrected chi connectivity index (χ2v) is 7.40. The molecule has 1 atom stereocenters. The van der Waals surface area contributed by atoms with Crippen LogP contribution in [0.5, 0.6) is 0 Å². The van der Waals surface area contributed by atoms with E-state index in [0.29, 0.717) is 13.0 Å². The molecule has 1 aromatic carbocycles. The first-order valence-corrected chi connectivity index (χ1v) is 8.47. The molecule has 2 aromatic rings. The number of aryl methyl sites for hydroxylation is 1. The van der Waals surface area contributed by atoms with Gasteiger partial charge in [0.2, 0.25) is 5.91 Å². The SMILES string of the molecule is Cc1[nH]cnc1CN(CCO)C(=O)C1(c2ccc(F)cc2)CC1(C)C. The van der Waals surface area contributed by atoms with E-state index in [1.54, 1.807) is 23.4 Å². The molecule has 1 aromatic heterocycles. The van der Waals surface area contributed by atoms with Crippen LogP contribution in [0, 0.1) is 18.2 Å². The molecular formula is C19H24FN3O2. The van der Waals surface area contributed by atoms with Gasteiger partial charge in [-0.1, -0.05) is 26.0 Å². The molecule has 1 unspecified atom stereocenters. The molecule has 1 aliphatic carbocycles. The van der Waals surface area contributed by atoms with E-state index in [1.807, 2.05) is 20.8 Å². The molecule has 0 spiro atoms. The molecule has 0 aliphatic heterocycles. The van der Waals surface area contributed by atoms with Gasteiger partial charge in [-0.25, -0.2) is 9.37 Å². The van der Waals surface area contributed by atoms with Crippen molar-refractivity contribution in [2.45, 2.75) is 39.2 Å². The minimum absolute atomic E-state index is 0.0411. The van der Waals surface area contributed by atoms with E-state index < -0.39 is 5.41 Å². The fourth-order valence-corrected chi connectivity index (χ4v) is 3.70. The summed E-state index contributed by atoms with van der Waals surface area (Å²) in [6.45, 7) is 6.46. The quantitative estimate of drug-likeness (QED) is 0.845. The third kappa shape index (κ3) is 2.95. The lowest BCUT2D eigenvalue weighted by Crippen LogP contribution is -2.42. The molecule has 0 radical (unpaired) electrons. The van der Waals surface area contributed by atoms with Gasteiger partial charge in [-0.3, -0.25) is 4.79 Å². The minimum atomic E-state index is -0.680. The van der Waals surface area contributed by atoms with Crippen LogP contribution in [0.15, 0.2) is 30.6 Å². The summed E-state index contributed by atoms with van der Waals surface area (Å²) in [6.07, 6.45) is 2.30. The number of rotatable bonds is 6. The van der Waals surface area contributed by atoms with Crippen molar-refractivity contribution in [3.05, 3.63) is 53.4 Å². The number of halogens is 1. The number of benzene rings is 1. The second-order valence-electron chi connectivity index (χ2n) is 7.40. The summed E-state index contributed by atoms with van der Waals surface area (Å²) in [5, 5.41) is 9.43. The number of hydrogen-bond acceptors (Lipinski definition) is 3. The Morgan fingerprint density at radius 3 is 2.48 bits per heavy atom. The second kappa shape index (κ2) is 6.26. The number of nitrogens with one attached hydrogen (secondary N) is 1. The largest absolute Gasteiger partial charge is 0.395 e. The van der Waals surface area contributed by atoms with Gasteiger partial charge in [0.15, 0.2) is 0 Å². The molecule has 1 amide bonds. The van der Waals surface area contributed by atoms with Gasteiger partial charge >= 0.3 is 0 Å². The number of H-pyrrole nitrogens is 1. The van der Waals surface area contributed by atoms with Crippen LogP contribution in [0.25, 0.3) is 0 Å². The highest BCUT2D eigenvalue weighted by atomic mass is 19.1. The summed E-state index contributed by atoms with van der Waals surface area (Å²) < 4.78 is 13.3. The van der Waals surface area contributed by atoms with Crippen LogP contribution in [-0.2, 0) is 16.8 Å². The Balaban J connectivity index is 1.93. The van der Waals surface area contributed by atoms with E-state index in [9.17, 15) is 14.3 Å². The highest BCUT2D eigenvalue weighted by molar-refractivity contribution is 5.93. The molecular weight excluding hydrogens is 321 g/mol. The van der Waals surface area contributed by atoms with Crippen molar-refractivity contribution in [2.24, 2.45) is 5.41 Å². The number of aromatic nitrogens is 2. The maximum atomic E-state index is 13.4. The highest BCUT2D eigenvalue weighted by Crippen LogP contribution is 2.65. The van der Waals surface area contributed by atoms with Crippen molar-refractivity contribution in [1.82, 2.24) is 14.9 Å². The first-order valence-electron chi connectivity index (χ1n) is 8.47. The Morgan fingerprint density at radius 2 is 2.00 bits per heavy atom. The summed E-state index contributed by atoms with van der Waals surface area (Å²) in [7, 11) is 0. The third-order valence-corrected chi connectivity index (χ3v) is 5.37. The fourth-order valence-electron chi connectivity index (χ4n) is 3.70. The maximum Gasteiger partial charge on any atom is 0.234 e. The molecule has 5 nitrogen and oxygen atoms in total. The van der Waals surface area contributed by atoms with Gasteiger partial charge in [0.1, 0.15) is 5.82 Å². The van der Waals surface area contributed by atoms with Crippen LogP contribution in [0.1, 0.15) is 37.2 Å². The molecule has 6 heteroatoms. The van der Waals surface area contributed by atoms with Crippen molar-refractivity contribution < 1.29 is 14.3 Å². The van der Waals surface area contributed by atoms with Crippen LogP contribution >= 0.6 is 0 Å². The summed E-state index contributed by atoms with van der Waals surface area (Å²) in [5.74, 6) is -0.357. The van der Waals surface area contributed by atoms with Gasteiger partial charge in [-0.05, 0) is 36.5 Å². The molecule has 134 valence electrons. The van der Waals surface area contributed by atoms with Gasteiger partial charge in [-0.15, -0.1) is 0 Å². The topological polar surface area (TPSA) is 69.2 Å². The Kier molecular flexibility index (Phi) is 4.41. The van der Waals surface area contributed by atoms with Gasteiger partial charge in [0.25, 0.3) is 0 Å². The lowest BCUT2D eigenvalue weighted by molar-refractivity contribution is -0.136. The van der Waals surface area contributed by atoms with E-state index in [1.165, 1.54) is 12.1 Å². The number of imidazole rings is 1. The van der Waals surface area contributed by atoms with Crippen LogP contribution in [0.2, 0.25) is 0 Å². The fraction of sp³-hybridized carbons (Fsp3) is 0.474. The zero-order valence-electron chi connectivity index (χ0n) is 14.8. The first kappa shape index (κ1) is 17.6. The predicted octanol–water partition coefficient (Wildman–Crippen LogP) is 2.55. The van der Waals surface area contributed by atoms with E-state index in [4.69, 9.17) is 0 Å². The molecule has 1 heterocycles. The number of carbonyl (C=O) groups excluding carboxylic acids is 1. The average Bonchev–Trinajstić information content (AvgIpc) is 2.93. The Labute approximate surface area is 146 Å². The molecule has 2 N–H and O–H groups in total. The lowest BCUT2D eigenvalue weighted by atomic mass is 9.86. The number of aliphatic hydroxyl groups is 1. The molecule has 0 bridgehead atoms. The van der Waals surface area contributed by atoms with Crippen molar-refractivity contribution in [1.29, 1.82) is 0 Å². The van der Waals surface area contributed by atoms with Crippen molar-refractivity contribution in [2.75, 3.05) is 13.2 Å². The molecule has 1 aliphatic rings. The summed E-state index contributed by atoms with van der Waals surface area (Å²) in [6, 6.07) is 6.18. The van der Waals surface area contributed by atoms with E-state index in [0.717, 1.165) is 17.0 Å². The summed E-state index contributed by atoms with van der Waals surface area (Å²) in [4.78, 5) is 22.4. The van der Waals surface area contributed by atoms with Crippen LogP contribution in [0.4, 0.5) is 4.39 Å². The summed E-state index contributed by atoms with van der Waals surface area (Å²) >= 11 is 0. The van der Waals surface area contributed by atoms with E-state index >= 15 is 0 Å². The predicted molar refractivity (Wildman–Crippen MR) is 92.3 cm³/mol. The van der Waals surface area contributed by atoms with Gasteiger partial charge in [0.05, 0.1) is 30.6 Å². The number of aromatic amines is 1. The molecule has 3 rings (SSSR count). The molecule has 0 saturated heterocycles. The van der Waals surface area contributed by atoms with E-state index in [2.05, 4.69) is 9.97 Å². The van der Waals surface area contributed by atoms with Gasteiger partial charge in [-0.2, -0.15) is 0 Å². The average molecular weight is 345 g/mol. The number of nitrogens with zero attached hydrogens (tertiary/aromatic N) is 2. The first-order chi connectivity index (χ1) is 11.8. The zero-order valence-corrected chi connectivity index (χ0v) is 14.8. The van der Waals surface area contributed by atoms with Crippen molar-refractivity contribution in [3.63, 3.8) is 0 Å². The monoisotopic (exact) mass is 345 g/mol. The Bertz CT molecular complexity index is 769. The third-order valence-electron chi connectivity index (χ3n) is 5.37. The highest BCUT2D eigenvalue weighted by Gasteiger charge is 2.67. The van der Waals surface area contributed by atoms with Crippen LogP contribution in [-0.4, -0.2) is 39.0 Å². The van der Waals surface area contributed by atoms with Gasteiger partial charge in [0, 0.05) is 12.2 Å². The normalized spacial score (nSPS) is 21.2. The standard InChI is InChI=1S/C19H24FN3O2/c1-13-16(22-12-21-13)10-23(8-9-24)17(25)19(11-18(19,2)3)14-4-6-15(20)7-5-14/h4-7,12,24H,8-11H2,1-3H3,(H,21,22). The van der Waals surface area contributed by atoms with Crippen LogP contribution < -0.4 is 0 Å².